The van der Waals surface area contributed by atoms with Crippen LogP contribution in [0.4, 0.5) is 0 Å². The number of ether oxygens (including phenoxy) is 2. The van der Waals surface area contributed by atoms with Gasteiger partial charge in [-0.25, -0.2) is 4.79 Å². The van der Waals surface area contributed by atoms with Crippen molar-refractivity contribution in [3.05, 3.63) is 65.4 Å². The third-order valence-electron chi connectivity index (χ3n) is 4.86. The molecule has 1 aliphatic carbocycles. The number of benzene rings is 2. The first-order valence-corrected chi connectivity index (χ1v) is 8.17. The molecule has 2 atom stereocenters. The molecule has 146 valence electrons. The van der Waals surface area contributed by atoms with Crippen LogP contribution >= 0.6 is 0 Å². The van der Waals surface area contributed by atoms with Gasteiger partial charge in [0.2, 0.25) is 17.0 Å². The molecule has 0 heterocycles. The van der Waals surface area contributed by atoms with Crippen molar-refractivity contribution in [3.63, 3.8) is 0 Å². The molecule has 3 rings (SSSR count). The van der Waals surface area contributed by atoms with Crippen LogP contribution in [-0.4, -0.2) is 52.0 Å². The van der Waals surface area contributed by atoms with Crippen molar-refractivity contribution in [1.29, 1.82) is 0 Å². The summed E-state index contributed by atoms with van der Waals surface area (Å²) >= 11 is 0. The highest BCUT2D eigenvalue weighted by Crippen LogP contribution is 2.53. The quantitative estimate of drug-likeness (QED) is 0.580. The number of carbonyl (C=O) groups excluding carboxylic acids is 2. The largest absolute Gasteiger partial charge is 0.508 e. The van der Waals surface area contributed by atoms with Gasteiger partial charge in [-0.3, -0.25) is 4.79 Å². The van der Waals surface area contributed by atoms with Crippen LogP contribution in [0.2, 0.25) is 0 Å². The van der Waals surface area contributed by atoms with Gasteiger partial charge >= 0.3 is 5.97 Å². The highest BCUT2D eigenvalue weighted by atomic mass is 16.6. The summed E-state index contributed by atoms with van der Waals surface area (Å²) in [7, 11) is 2.12. The van der Waals surface area contributed by atoms with Gasteiger partial charge in [-0.15, -0.1) is 0 Å². The van der Waals surface area contributed by atoms with Crippen molar-refractivity contribution < 1.29 is 39.5 Å². The van der Waals surface area contributed by atoms with Gasteiger partial charge in [0.25, 0.3) is 0 Å². The number of hydrogen-bond acceptors (Lipinski definition) is 8. The lowest BCUT2D eigenvalue weighted by Crippen LogP contribution is -2.59. The molecule has 0 fully saturated rings. The predicted molar refractivity (Wildman–Crippen MR) is 96.4 cm³/mol. The Morgan fingerprint density at radius 3 is 1.86 bits per heavy atom. The zero-order valence-corrected chi connectivity index (χ0v) is 15.0. The van der Waals surface area contributed by atoms with E-state index < -0.39 is 34.3 Å². The SMILES string of the molecule is COC(=O)[C@@]1(O)C(c2ccc(O)cc2)=C(O)C(=O)[C@@]1(OC)c1ccc(O)cc1. The number of phenolic OH excluding ortho intramolecular Hbond substituents is 2. The van der Waals surface area contributed by atoms with Gasteiger partial charge in [-0.05, 0) is 35.4 Å². The Balaban J connectivity index is 2.35. The van der Waals surface area contributed by atoms with E-state index >= 15 is 0 Å². The van der Waals surface area contributed by atoms with Gasteiger partial charge < -0.3 is 29.9 Å². The van der Waals surface area contributed by atoms with Crippen molar-refractivity contribution in [1.82, 2.24) is 0 Å². The van der Waals surface area contributed by atoms with Gasteiger partial charge in [-0.1, -0.05) is 24.3 Å². The summed E-state index contributed by atoms with van der Waals surface area (Å²) < 4.78 is 10.1. The van der Waals surface area contributed by atoms with Crippen molar-refractivity contribution >= 4 is 17.3 Å². The Kier molecular flexibility index (Phi) is 4.62. The number of aromatic hydroxyl groups is 2. The summed E-state index contributed by atoms with van der Waals surface area (Å²) in [6, 6.07) is 10.3. The smallest absolute Gasteiger partial charge is 0.346 e. The highest BCUT2D eigenvalue weighted by Gasteiger charge is 2.71. The van der Waals surface area contributed by atoms with E-state index in [1.165, 1.54) is 48.5 Å². The fourth-order valence-electron chi connectivity index (χ4n) is 3.55. The van der Waals surface area contributed by atoms with Gasteiger partial charge in [0.1, 0.15) is 11.5 Å². The van der Waals surface area contributed by atoms with E-state index in [1.54, 1.807) is 0 Å². The molecule has 0 saturated carbocycles. The average Bonchev–Trinajstić information content (AvgIpc) is 2.87. The van der Waals surface area contributed by atoms with E-state index in [9.17, 15) is 30.0 Å². The highest BCUT2D eigenvalue weighted by molar-refractivity contribution is 6.21. The molecular weight excluding hydrogens is 368 g/mol. The second-order valence-corrected chi connectivity index (χ2v) is 6.23. The number of esters is 1. The molecule has 2 aromatic carbocycles. The molecule has 0 radical (unpaired) electrons. The fourth-order valence-corrected chi connectivity index (χ4v) is 3.55. The second kappa shape index (κ2) is 6.66. The Hall–Kier alpha value is -3.36. The summed E-state index contributed by atoms with van der Waals surface area (Å²) in [6.45, 7) is 0. The van der Waals surface area contributed by atoms with E-state index in [2.05, 4.69) is 0 Å². The maximum absolute atomic E-state index is 13.1. The zero-order chi connectivity index (χ0) is 20.7. The van der Waals surface area contributed by atoms with E-state index in [0.717, 1.165) is 14.2 Å². The Morgan fingerprint density at radius 2 is 1.39 bits per heavy atom. The third kappa shape index (κ3) is 2.39. The fraction of sp³-hybridized carbons (Fsp3) is 0.200. The van der Waals surface area contributed by atoms with Crippen molar-refractivity contribution in [2.75, 3.05) is 14.2 Å². The van der Waals surface area contributed by atoms with E-state index in [4.69, 9.17) is 9.47 Å². The summed E-state index contributed by atoms with van der Waals surface area (Å²) in [5.41, 5.74) is -5.39. The van der Waals surface area contributed by atoms with E-state index in [1.807, 2.05) is 0 Å². The molecule has 0 unspecified atom stereocenters. The lowest BCUT2D eigenvalue weighted by Gasteiger charge is -2.39. The van der Waals surface area contributed by atoms with Crippen LogP contribution in [0.1, 0.15) is 11.1 Å². The molecule has 0 saturated heterocycles. The lowest BCUT2D eigenvalue weighted by molar-refractivity contribution is -0.189. The first kappa shape index (κ1) is 19.4. The zero-order valence-electron chi connectivity index (χ0n) is 15.0. The van der Waals surface area contributed by atoms with Crippen LogP contribution in [0.15, 0.2) is 54.3 Å². The van der Waals surface area contributed by atoms with Crippen LogP contribution in [-0.2, 0) is 24.7 Å². The normalized spacial score (nSPS) is 24.5. The minimum atomic E-state index is -2.74. The molecule has 0 amide bonds. The molecule has 0 spiro atoms. The molecule has 2 aromatic rings. The Bertz CT molecular complexity index is 961. The van der Waals surface area contributed by atoms with Crippen LogP contribution < -0.4 is 0 Å². The van der Waals surface area contributed by atoms with Gasteiger partial charge in [0.05, 0.1) is 12.7 Å². The number of rotatable bonds is 4. The van der Waals surface area contributed by atoms with Crippen molar-refractivity contribution in [2.24, 2.45) is 0 Å². The second-order valence-electron chi connectivity index (χ2n) is 6.23. The molecule has 8 heteroatoms. The van der Waals surface area contributed by atoms with Crippen LogP contribution in [0.5, 0.6) is 11.5 Å². The predicted octanol–water partition coefficient (Wildman–Crippen LogP) is 1.40. The first-order chi connectivity index (χ1) is 13.2. The lowest BCUT2D eigenvalue weighted by atomic mass is 9.74. The number of hydrogen-bond donors (Lipinski definition) is 4. The molecule has 0 bridgehead atoms. The van der Waals surface area contributed by atoms with Gasteiger partial charge in [-0.2, -0.15) is 0 Å². The Morgan fingerprint density at radius 1 is 0.893 bits per heavy atom. The minimum Gasteiger partial charge on any atom is -0.508 e. The number of Topliss-reactive ketones (excluding diaryl/α,β-unsaturated/α-hetero) is 1. The molecule has 0 aliphatic heterocycles. The number of ketones is 1. The maximum atomic E-state index is 13.1. The van der Waals surface area contributed by atoms with Crippen LogP contribution in [0.25, 0.3) is 5.57 Å². The topological polar surface area (TPSA) is 134 Å². The van der Waals surface area contributed by atoms with Gasteiger partial charge in [0.15, 0.2) is 5.76 Å². The molecule has 0 aromatic heterocycles. The third-order valence-corrected chi connectivity index (χ3v) is 4.86. The number of methoxy groups -OCH3 is 2. The number of phenols is 2. The molecule has 8 nitrogen and oxygen atoms in total. The number of aliphatic hydroxyl groups is 2. The summed E-state index contributed by atoms with van der Waals surface area (Å²) in [5, 5.41) is 41.2. The van der Waals surface area contributed by atoms with Crippen LogP contribution in [0, 0.1) is 0 Å². The molecule has 4 N–H and O–H groups in total. The first-order valence-electron chi connectivity index (χ1n) is 8.17. The maximum Gasteiger partial charge on any atom is 0.346 e. The van der Waals surface area contributed by atoms with Crippen molar-refractivity contribution in [2.45, 2.75) is 11.2 Å². The van der Waals surface area contributed by atoms with Crippen molar-refractivity contribution in [3.8, 4) is 11.5 Å². The van der Waals surface area contributed by atoms with E-state index in [-0.39, 0.29) is 22.6 Å². The molecule has 28 heavy (non-hydrogen) atoms. The molecule has 1 aliphatic rings. The number of aliphatic hydroxyl groups excluding tert-OH is 1. The minimum absolute atomic E-state index is 0.0195. The van der Waals surface area contributed by atoms with E-state index in [0.29, 0.717) is 0 Å². The average molecular weight is 386 g/mol. The van der Waals surface area contributed by atoms with Gasteiger partial charge in [0, 0.05) is 7.11 Å². The monoisotopic (exact) mass is 386 g/mol. The summed E-state index contributed by atoms with van der Waals surface area (Å²) in [4.78, 5) is 25.9. The standard InChI is InChI=1S/C20H18O8/c1-27-18(25)19(26)15(11-3-7-13(21)8-4-11)16(23)17(24)20(19,28-2)12-5-9-14(22)10-6-12/h3-10,21-23,26H,1-2H3/t19-,20-/m0/s1. The summed E-state index contributed by atoms with van der Waals surface area (Å²) in [5.74, 6) is -3.38. The number of carbonyl (C=O) groups is 2. The molecular formula is C20H18O8. The van der Waals surface area contributed by atoms with Crippen LogP contribution in [0.3, 0.4) is 0 Å². The summed E-state index contributed by atoms with van der Waals surface area (Å²) in [6.07, 6.45) is 0. The Labute approximate surface area is 159 Å².